The number of rotatable bonds is 12. The van der Waals surface area contributed by atoms with Gasteiger partial charge in [0.05, 0.1) is 12.1 Å². The fraction of sp³-hybridized carbons (Fsp3) is 0.290. The largest absolute Gasteiger partial charge is 0.489 e. The molecule has 0 aliphatic carbocycles. The lowest BCUT2D eigenvalue weighted by molar-refractivity contribution is -0.143. The average Bonchev–Trinajstić information content (AvgIpc) is 3.29. The highest BCUT2D eigenvalue weighted by Gasteiger charge is 2.20. The third kappa shape index (κ3) is 7.00. The Kier molecular flexibility index (Phi) is 8.98. The van der Waals surface area contributed by atoms with Crippen LogP contribution in [0.5, 0.6) is 5.75 Å². The minimum atomic E-state index is -0.431. The van der Waals surface area contributed by atoms with Crippen molar-refractivity contribution in [3.05, 3.63) is 102 Å². The standard InChI is InChI=1S/C31H34N2O4/c1-3-36-30(34)17-14-26-21-33(23(2)31(35)32-19-18-24-10-6-4-7-11-24)29-20-27(15-16-28(26)29)37-22-25-12-8-5-9-13-25/h4-13,15-16,20-21,23H,3,14,17-19,22H2,1-2H3,(H,32,35). The van der Waals surface area contributed by atoms with E-state index in [1.165, 1.54) is 5.56 Å². The van der Waals surface area contributed by atoms with Gasteiger partial charge in [-0.05, 0) is 55.5 Å². The molecule has 0 radical (unpaired) electrons. The molecule has 0 fully saturated rings. The zero-order valence-electron chi connectivity index (χ0n) is 21.5. The van der Waals surface area contributed by atoms with Crippen molar-refractivity contribution in [2.75, 3.05) is 13.2 Å². The molecule has 0 bridgehead atoms. The first-order valence-electron chi connectivity index (χ1n) is 12.8. The third-order valence-corrected chi connectivity index (χ3v) is 6.39. The first-order valence-corrected chi connectivity index (χ1v) is 12.8. The highest BCUT2D eigenvalue weighted by molar-refractivity contribution is 5.89. The van der Waals surface area contributed by atoms with Crippen molar-refractivity contribution in [1.82, 2.24) is 9.88 Å². The third-order valence-electron chi connectivity index (χ3n) is 6.39. The van der Waals surface area contributed by atoms with Gasteiger partial charge in [0, 0.05) is 30.6 Å². The van der Waals surface area contributed by atoms with Gasteiger partial charge in [-0.3, -0.25) is 9.59 Å². The second-order valence-corrected chi connectivity index (χ2v) is 9.02. The molecule has 3 aromatic carbocycles. The van der Waals surface area contributed by atoms with Crippen LogP contribution in [-0.2, 0) is 33.8 Å². The summed E-state index contributed by atoms with van der Waals surface area (Å²) in [5.41, 5.74) is 4.17. The molecule has 192 valence electrons. The Morgan fingerprint density at radius 2 is 1.62 bits per heavy atom. The van der Waals surface area contributed by atoms with E-state index in [-0.39, 0.29) is 18.3 Å². The zero-order valence-corrected chi connectivity index (χ0v) is 21.5. The summed E-state index contributed by atoms with van der Waals surface area (Å²) in [5, 5.41) is 4.07. The van der Waals surface area contributed by atoms with Crippen LogP contribution in [0.3, 0.4) is 0 Å². The van der Waals surface area contributed by atoms with Crippen molar-refractivity contribution in [1.29, 1.82) is 0 Å². The van der Waals surface area contributed by atoms with Crippen molar-refractivity contribution in [3.8, 4) is 5.75 Å². The van der Waals surface area contributed by atoms with E-state index in [2.05, 4.69) is 17.4 Å². The minimum absolute atomic E-state index is 0.0552. The Hall–Kier alpha value is -4.06. The molecule has 4 rings (SSSR count). The van der Waals surface area contributed by atoms with Crippen LogP contribution in [0.2, 0.25) is 0 Å². The molecule has 37 heavy (non-hydrogen) atoms. The molecule has 1 unspecified atom stereocenters. The summed E-state index contributed by atoms with van der Waals surface area (Å²) >= 11 is 0. The Morgan fingerprint density at radius 3 is 2.32 bits per heavy atom. The lowest BCUT2D eigenvalue weighted by Gasteiger charge is -2.16. The van der Waals surface area contributed by atoms with Gasteiger partial charge in [-0.15, -0.1) is 0 Å². The number of fused-ring (bicyclic) bond motifs is 1. The molecule has 1 heterocycles. The zero-order chi connectivity index (χ0) is 26.0. The van der Waals surface area contributed by atoms with Crippen LogP contribution < -0.4 is 10.1 Å². The number of carbonyl (C=O) groups is 2. The minimum Gasteiger partial charge on any atom is -0.489 e. The lowest BCUT2D eigenvalue weighted by Crippen LogP contribution is -2.32. The Balaban J connectivity index is 1.53. The van der Waals surface area contributed by atoms with Crippen molar-refractivity contribution in [3.63, 3.8) is 0 Å². The predicted octanol–water partition coefficient (Wildman–Crippen LogP) is 5.64. The molecular weight excluding hydrogens is 464 g/mol. The lowest BCUT2D eigenvalue weighted by atomic mass is 10.1. The number of benzene rings is 3. The molecular formula is C31H34N2O4. The van der Waals surface area contributed by atoms with Crippen LogP contribution >= 0.6 is 0 Å². The normalized spacial score (nSPS) is 11.7. The quantitative estimate of drug-likeness (QED) is 0.257. The van der Waals surface area contributed by atoms with Crippen LogP contribution in [0, 0.1) is 0 Å². The van der Waals surface area contributed by atoms with Crippen LogP contribution in [0.25, 0.3) is 10.9 Å². The van der Waals surface area contributed by atoms with Crippen LogP contribution in [0.4, 0.5) is 0 Å². The number of esters is 1. The molecule has 6 nitrogen and oxygen atoms in total. The van der Waals surface area contributed by atoms with Crippen molar-refractivity contribution in [2.24, 2.45) is 0 Å². The van der Waals surface area contributed by atoms with Gasteiger partial charge in [-0.25, -0.2) is 0 Å². The predicted molar refractivity (Wildman–Crippen MR) is 146 cm³/mol. The Morgan fingerprint density at radius 1 is 0.919 bits per heavy atom. The van der Waals surface area contributed by atoms with Crippen molar-refractivity contribution >= 4 is 22.8 Å². The summed E-state index contributed by atoms with van der Waals surface area (Å²) in [6.07, 6.45) is 3.58. The van der Waals surface area contributed by atoms with Crippen LogP contribution in [-0.4, -0.2) is 29.6 Å². The van der Waals surface area contributed by atoms with E-state index in [0.717, 1.165) is 34.2 Å². The second kappa shape index (κ2) is 12.8. The van der Waals surface area contributed by atoms with Gasteiger partial charge in [0.25, 0.3) is 0 Å². The molecule has 1 atom stereocenters. The van der Waals surface area contributed by atoms with Gasteiger partial charge in [0.1, 0.15) is 18.4 Å². The van der Waals surface area contributed by atoms with Gasteiger partial charge in [0.15, 0.2) is 0 Å². The van der Waals surface area contributed by atoms with Gasteiger partial charge in [-0.1, -0.05) is 60.7 Å². The average molecular weight is 499 g/mol. The molecule has 1 amide bonds. The van der Waals surface area contributed by atoms with Gasteiger partial charge >= 0.3 is 5.97 Å². The summed E-state index contributed by atoms with van der Waals surface area (Å²) in [4.78, 5) is 25.1. The molecule has 1 aromatic heterocycles. The number of nitrogens with zero attached hydrogens (tertiary/aromatic N) is 1. The number of amides is 1. The first-order chi connectivity index (χ1) is 18.0. The molecule has 0 saturated heterocycles. The van der Waals surface area contributed by atoms with E-state index in [1.807, 2.05) is 84.4 Å². The SMILES string of the molecule is CCOC(=O)CCc1cn(C(C)C(=O)NCCc2ccccc2)c2cc(OCc3ccccc3)ccc12. The number of aromatic nitrogens is 1. The number of aryl methyl sites for hydroxylation is 1. The van der Waals surface area contributed by atoms with Crippen LogP contribution in [0.15, 0.2) is 85.1 Å². The summed E-state index contributed by atoms with van der Waals surface area (Å²) < 4.78 is 13.1. The highest BCUT2D eigenvalue weighted by atomic mass is 16.5. The molecule has 0 saturated carbocycles. The molecule has 0 spiro atoms. The van der Waals surface area contributed by atoms with Gasteiger partial charge in [-0.2, -0.15) is 0 Å². The maximum absolute atomic E-state index is 13.1. The number of carbonyl (C=O) groups excluding carboxylic acids is 2. The number of hydrogen-bond acceptors (Lipinski definition) is 4. The van der Waals surface area contributed by atoms with E-state index >= 15 is 0 Å². The van der Waals surface area contributed by atoms with E-state index < -0.39 is 6.04 Å². The van der Waals surface area contributed by atoms with Gasteiger partial charge < -0.3 is 19.4 Å². The molecule has 6 heteroatoms. The Bertz CT molecular complexity index is 1320. The van der Waals surface area contributed by atoms with E-state index in [4.69, 9.17) is 9.47 Å². The van der Waals surface area contributed by atoms with E-state index in [1.54, 1.807) is 6.92 Å². The smallest absolute Gasteiger partial charge is 0.306 e. The fourth-order valence-corrected chi connectivity index (χ4v) is 4.37. The van der Waals surface area contributed by atoms with Gasteiger partial charge in [0.2, 0.25) is 5.91 Å². The summed E-state index contributed by atoms with van der Waals surface area (Å²) in [6, 6.07) is 25.6. The van der Waals surface area contributed by atoms with E-state index in [9.17, 15) is 9.59 Å². The summed E-state index contributed by atoms with van der Waals surface area (Å²) in [5.74, 6) is 0.447. The Labute approximate surface area is 218 Å². The maximum atomic E-state index is 13.1. The molecule has 0 aliphatic rings. The summed E-state index contributed by atoms with van der Waals surface area (Å²) in [6.45, 7) is 5.08. The second-order valence-electron chi connectivity index (χ2n) is 9.02. The van der Waals surface area contributed by atoms with E-state index in [0.29, 0.717) is 26.2 Å². The maximum Gasteiger partial charge on any atom is 0.306 e. The van der Waals surface area contributed by atoms with Crippen molar-refractivity contribution < 1.29 is 19.1 Å². The highest BCUT2D eigenvalue weighted by Crippen LogP contribution is 2.30. The monoisotopic (exact) mass is 498 g/mol. The molecule has 1 N–H and O–H groups in total. The molecule has 0 aliphatic heterocycles. The number of nitrogens with one attached hydrogen (secondary N) is 1. The van der Waals surface area contributed by atoms with Crippen LogP contribution in [0.1, 0.15) is 43.0 Å². The first kappa shape index (κ1) is 26.0. The number of ether oxygens (including phenoxy) is 2. The summed E-state index contributed by atoms with van der Waals surface area (Å²) in [7, 11) is 0. The fourth-order valence-electron chi connectivity index (χ4n) is 4.37. The molecule has 4 aromatic rings. The number of hydrogen-bond donors (Lipinski definition) is 1. The van der Waals surface area contributed by atoms with Crippen molar-refractivity contribution in [2.45, 2.75) is 45.8 Å². The topological polar surface area (TPSA) is 69.6 Å².